The second-order valence-corrected chi connectivity index (χ2v) is 4.65. The van der Waals surface area contributed by atoms with E-state index in [4.69, 9.17) is 10.4 Å². The fraction of sp³-hybridized carbons (Fsp3) is 0.273. The van der Waals surface area contributed by atoms with Crippen LogP contribution in [0.4, 0.5) is 0 Å². The van der Waals surface area contributed by atoms with Crippen LogP contribution in [0.15, 0.2) is 22.7 Å². The zero-order valence-corrected chi connectivity index (χ0v) is 10.00. The van der Waals surface area contributed by atoms with Gasteiger partial charge in [0.15, 0.2) is 0 Å². The number of hydrogen-bond acceptors (Lipinski definition) is 2. The second kappa shape index (κ2) is 4.03. The molecule has 0 amide bonds. The lowest BCUT2D eigenvalue weighted by Gasteiger charge is -2.20. The smallest absolute Gasteiger partial charge is 0.313 e. The summed E-state index contributed by atoms with van der Waals surface area (Å²) in [6, 6.07) is 7.03. The van der Waals surface area contributed by atoms with Crippen molar-refractivity contribution >= 4 is 21.9 Å². The van der Waals surface area contributed by atoms with Crippen molar-refractivity contribution in [3.8, 4) is 6.07 Å². The molecule has 0 bridgehead atoms. The lowest BCUT2D eigenvalue weighted by molar-refractivity contribution is -0.142. The van der Waals surface area contributed by atoms with Crippen molar-refractivity contribution in [1.82, 2.24) is 0 Å². The summed E-state index contributed by atoms with van der Waals surface area (Å²) in [5, 5.41) is 18.0. The summed E-state index contributed by atoms with van der Waals surface area (Å²) in [7, 11) is 0. The van der Waals surface area contributed by atoms with Crippen molar-refractivity contribution in [2.24, 2.45) is 0 Å². The van der Waals surface area contributed by atoms with Gasteiger partial charge in [0.1, 0.15) is 0 Å². The quantitative estimate of drug-likeness (QED) is 0.896. The van der Waals surface area contributed by atoms with Gasteiger partial charge in [0.05, 0.1) is 17.0 Å². The summed E-state index contributed by atoms with van der Waals surface area (Å²) in [5.74, 6) is -0.943. The van der Waals surface area contributed by atoms with Crippen LogP contribution in [0.2, 0.25) is 0 Å². The van der Waals surface area contributed by atoms with Crippen molar-refractivity contribution in [2.45, 2.75) is 19.3 Å². The molecule has 3 nitrogen and oxygen atoms in total. The van der Waals surface area contributed by atoms with E-state index < -0.39 is 11.4 Å². The van der Waals surface area contributed by atoms with Crippen molar-refractivity contribution in [3.63, 3.8) is 0 Å². The first-order chi connectivity index (χ1) is 6.89. The summed E-state index contributed by atoms with van der Waals surface area (Å²) in [5.41, 5.74) is -0.136. The van der Waals surface area contributed by atoms with Gasteiger partial charge in [-0.25, -0.2) is 0 Å². The van der Waals surface area contributed by atoms with Crippen molar-refractivity contribution in [2.75, 3.05) is 0 Å². The maximum atomic E-state index is 11.1. The van der Waals surface area contributed by atoms with Crippen LogP contribution < -0.4 is 0 Å². The number of rotatable bonds is 2. The number of aliphatic carboxylic acids is 1. The Bertz CT molecular complexity index is 446. The number of halogens is 1. The number of hydrogen-bond donors (Lipinski definition) is 1. The molecular weight excluding hydrogens is 258 g/mol. The lowest BCUT2D eigenvalue weighted by atomic mass is 9.82. The molecule has 0 aliphatic rings. The third-order valence-corrected chi connectivity index (χ3v) is 2.80. The van der Waals surface area contributed by atoms with Crippen LogP contribution in [0.25, 0.3) is 0 Å². The molecule has 0 atom stereocenters. The van der Waals surface area contributed by atoms with E-state index in [1.54, 1.807) is 32.0 Å². The highest BCUT2D eigenvalue weighted by molar-refractivity contribution is 9.10. The summed E-state index contributed by atoms with van der Waals surface area (Å²) in [6.07, 6.45) is 0. The third kappa shape index (κ3) is 2.18. The van der Waals surface area contributed by atoms with Gasteiger partial charge in [0.2, 0.25) is 0 Å². The first-order valence-electron chi connectivity index (χ1n) is 4.33. The van der Waals surface area contributed by atoms with E-state index in [0.717, 1.165) is 4.47 Å². The van der Waals surface area contributed by atoms with E-state index in [1.165, 1.54) is 0 Å². The summed E-state index contributed by atoms with van der Waals surface area (Å²) in [4.78, 5) is 11.1. The van der Waals surface area contributed by atoms with Crippen LogP contribution in [0, 0.1) is 11.3 Å². The molecule has 0 unspecified atom stereocenters. The maximum Gasteiger partial charge on any atom is 0.313 e. The van der Waals surface area contributed by atoms with Gasteiger partial charge in [-0.1, -0.05) is 22.0 Å². The van der Waals surface area contributed by atoms with Gasteiger partial charge in [-0.05, 0) is 31.5 Å². The number of carboxylic acid groups (broad SMARTS) is 1. The molecule has 78 valence electrons. The van der Waals surface area contributed by atoms with Gasteiger partial charge in [0, 0.05) is 4.47 Å². The Morgan fingerprint density at radius 1 is 1.53 bits per heavy atom. The number of nitrogens with zero attached hydrogens (tertiary/aromatic N) is 1. The van der Waals surface area contributed by atoms with Crippen LogP contribution >= 0.6 is 15.9 Å². The number of benzene rings is 1. The van der Waals surface area contributed by atoms with Gasteiger partial charge in [0.25, 0.3) is 0 Å². The monoisotopic (exact) mass is 267 g/mol. The normalized spacial score (nSPS) is 10.8. The first kappa shape index (κ1) is 11.7. The zero-order chi connectivity index (χ0) is 11.6. The van der Waals surface area contributed by atoms with Gasteiger partial charge in [-0.15, -0.1) is 0 Å². The van der Waals surface area contributed by atoms with Crippen LogP contribution in [-0.4, -0.2) is 11.1 Å². The minimum atomic E-state index is -1.05. The van der Waals surface area contributed by atoms with E-state index in [0.29, 0.717) is 11.1 Å². The van der Waals surface area contributed by atoms with Crippen LogP contribution in [-0.2, 0) is 10.2 Å². The third-order valence-electron chi connectivity index (χ3n) is 2.31. The number of carboxylic acids is 1. The number of carbonyl (C=O) groups is 1. The molecule has 4 heteroatoms. The predicted octanol–water partition coefficient (Wildman–Crippen LogP) is 2.68. The molecule has 1 aromatic carbocycles. The van der Waals surface area contributed by atoms with E-state index in [1.807, 2.05) is 6.07 Å². The maximum absolute atomic E-state index is 11.1. The first-order valence-corrected chi connectivity index (χ1v) is 5.12. The van der Waals surface area contributed by atoms with E-state index in [-0.39, 0.29) is 0 Å². The van der Waals surface area contributed by atoms with E-state index in [9.17, 15) is 4.79 Å². The highest BCUT2D eigenvalue weighted by Gasteiger charge is 2.31. The van der Waals surface area contributed by atoms with Gasteiger partial charge >= 0.3 is 5.97 Å². The number of nitriles is 1. The van der Waals surface area contributed by atoms with Crippen LogP contribution in [0.1, 0.15) is 25.0 Å². The Labute approximate surface area is 96.5 Å². The van der Waals surface area contributed by atoms with Gasteiger partial charge in [-0.2, -0.15) is 5.26 Å². The molecule has 15 heavy (non-hydrogen) atoms. The van der Waals surface area contributed by atoms with E-state index >= 15 is 0 Å². The van der Waals surface area contributed by atoms with E-state index in [2.05, 4.69) is 15.9 Å². The molecule has 0 radical (unpaired) electrons. The highest BCUT2D eigenvalue weighted by atomic mass is 79.9. The molecule has 0 aromatic heterocycles. The average molecular weight is 268 g/mol. The molecule has 0 aliphatic heterocycles. The largest absolute Gasteiger partial charge is 0.481 e. The van der Waals surface area contributed by atoms with Crippen LogP contribution in [0.5, 0.6) is 0 Å². The SMILES string of the molecule is CC(C)(C(=O)O)c1ccc(Br)cc1C#N. The molecule has 0 saturated carbocycles. The summed E-state index contributed by atoms with van der Waals surface area (Å²) >= 11 is 3.24. The molecule has 1 aromatic rings. The molecule has 0 heterocycles. The molecule has 0 spiro atoms. The molecule has 1 N–H and O–H groups in total. The Morgan fingerprint density at radius 2 is 2.13 bits per heavy atom. The molecular formula is C11H10BrNO2. The fourth-order valence-corrected chi connectivity index (χ4v) is 1.63. The zero-order valence-electron chi connectivity index (χ0n) is 8.41. The highest BCUT2D eigenvalue weighted by Crippen LogP contribution is 2.28. The van der Waals surface area contributed by atoms with Gasteiger partial charge in [-0.3, -0.25) is 4.79 Å². The lowest BCUT2D eigenvalue weighted by Crippen LogP contribution is -2.29. The fourth-order valence-electron chi connectivity index (χ4n) is 1.27. The molecule has 0 aliphatic carbocycles. The summed E-state index contributed by atoms with van der Waals surface area (Å²) < 4.78 is 0.768. The summed E-state index contributed by atoms with van der Waals surface area (Å²) in [6.45, 7) is 3.17. The van der Waals surface area contributed by atoms with Crippen molar-refractivity contribution < 1.29 is 9.90 Å². The Morgan fingerprint density at radius 3 is 2.60 bits per heavy atom. The van der Waals surface area contributed by atoms with Crippen LogP contribution in [0.3, 0.4) is 0 Å². The Balaban J connectivity index is 3.39. The topological polar surface area (TPSA) is 61.1 Å². The Kier molecular flexibility index (Phi) is 3.15. The molecule has 1 rings (SSSR count). The molecule has 0 saturated heterocycles. The average Bonchev–Trinajstić information content (AvgIpc) is 2.16. The standard InChI is InChI=1S/C11H10BrNO2/c1-11(2,10(14)15)9-4-3-8(12)5-7(9)6-13/h3-5H,1-2H3,(H,14,15). The predicted molar refractivity (Wildman–Crippen MR) is 59.5 cm³/mol. The van der Waals surface area contributed by atoms with Crippen molar-refractivity contribution in [1.29, 1.82) is 5.26 Å². The Hall–Kier alpha value is -1.34. The minimum Gasteiger partial charge on any atom is -0.481 e. The van der Waals surface area contributed by atoms with Crippen molar-refractivity contribution in [3.05, 3.63) is 33.8 Å². The second-order valence-electron chi connectivity index (χ2n) is 3.73. The molecule has 0 fully saturated rings. The van der Waals surface area contributed by atoms with Gasteiger partial charge < -0.3 is 5.11 Å². The minimum absolute atomic E-state index is 0.386.